The number of rotatable bonds is 3. The van der Waals surface area contributed by atoms with Gasteiger partial charge in [-0.3, -0.25) is 0 Å². The molecule has 1 radical (unpaired) electrons. The molecule has 0 fully saturated rings. The zero-order valence-corrected chi connectivity index (χ0v) is 10.2. The van der Waals surface area contributed by atoms with Crippen LogP contribution in [0, 0.1) is 6.42 Å². The van der Waals surface area contributed by atoms with Gasteiger partial charge in [-0.1, -0.05) is 53.5 Å². The quantitative estimate of drug-likeness (QED) is 0.734. The van der Waals surface area contributed by atoms with Gasteiger partial charge in [-0.15, -0.1) is 0 Å². The maximum Gasteiger partial charge on any atom is 0.0441 e. The molecule has 0 atom stereocenters. The first-order valence-electron chi connectivity index (χ1n) is 5.08. The summed E-state index contributed by atoms with van der Waals surface area (Å²) >= 11 is 11.9. The Bertz CT molecular complexity index is 460. The lowest BCUT2D eigenvalue weighted by molar-refractivity contribution is 1.17. The van der Waals surface area contributed by atoms with E-state index in [0.717, 1.165) is 22.0 Å². The van der Waals surface area contributed by atoms with Gasteiger partial charge in [-0.05, 0) is 42.2 Å². The first-order valence-corrected chi connectivity index (χ1v) is 5.83. The standard InChI is InChI=1S/C14H11Cl2/c15-13-9-6-11(7-10-13)5-8-12-3-1-2-4-14(12)16/h1-4,6-10H,5H2. The van der Waals surface area contributed by atoms with Crippen molar-refractivity contribution < 1.29 is 0 Å². The summed E-state index contributed by atoms with van der Waals surface area (Å²) in [6.45, 7) is 0. The molecular weight excluding hydrogens is 239 g/mol. The molecule has 0 nitrogen and oxygen atoms in total. The van der Waals surface area contributed by atoms with Gasteiger partial charge < -0.3 is 0 Å². The Morgan fingerprint density at radius 1 is 0.875 bits per heavy atom. The topological polar surface area (TPSA) is 0 Å². The van der Waals surface area contributed by atoms with Crippen molar-refractivity contribution in [3.05, 3.63) is 76.1 Å². The number of hydrogen-bond donors (Lipinski definition) is 0. The van der Waals surface area contributed by atoms with Crippen molar-refractivity contribution in [2.45, 2.75) is 6.42 Å². The van der Waals surface area contributed by atoms with Crippen molar-refractivity contribution in [3.63, 3.8) is 0 Å². The van der Waals surface area contributed by atoms with Gasteiger partial charge in [0.1, 0.15) is 0 Å². The van der Waals surface area contributed by atoms with Crippen LogP contribution in [0.5, 0.6) is 0 Å². The summed E-state index contributed by atoms with van der Waals surface area (Å²) in [4.78, 5) is 0. The maximum atomic E-state index is 6.06. The fourth-order valence-electron chi connectivity index (χ4n) is 1.49. The molecule has 2 rings (SSSR count). The SMILES string of the molecule is Clc1ccc(C[CH]c2ccccc2Cl)cc1. The minimum atomic E-state index is 0.765. The molecule has 16 heavy (non-hydrogen) atoms. The summed E-state index contributed by atoms with van der Waals surface area (Å²) in [5.41, 5.74) is 2.29. The highest BCUT2D eigenvalue weighted by Gasteiger charge is 2.00. The van der Waals surface area contributed by atoms with E-state index >= 15 is 0 Å². The number of halogens is 2. The molecule has 0 unspecified atom stereocenters. The second kappa shape index (κ2) is 5.38. The summed E-state index contributed by atoms with van der Waals surface area (Å²) < 4.78 is 0. The van der Waals surface area contributed by atoms with Crippen LogP contribution in [0.15, 0.2) is 48.5 Å². The Morgan fingerprint density at radius 3 is 2.25 bits per heavy atom. The highest BCUT2D eigenvalue weighted by molar-refractivity contribution is 6.31. The van der Waals surface area contributed by atoms with Gasteiger partial charge in [-0.2, -0.15) is 0 Å². The summed E-state index contributed by atoms with van der Waals surface area (Å²) in [7, 11) is 0. The molecule has 0 aliphatic heterocycles. The lowest BCUT2D eigenvalue weighted by atomic mass is 10.0. The highest BCUT2D eigenvalue weighted by Crippen LogP contribution is 2.19. The van der Waals surface area contributed by atoms with Gasteiger partial charge in [0.15, 0.2) is 0 Å². The first kappa shape index (κ1) is 11.5. The van der Waals surface area contributed by atoms with E-state index < -0.39 is 0 Å². The second-order valence-corrected chi connectivity index (χ2v) is 4.40. The van der Waals surface area contributed by atoms with Crippen LogP contribution in [0.4, 0.5) is 0 Å². The molecule has 2 aromatic rings. The molecule has 0 aromatic heterocycles. The van der Waals surface area contributed by atoms with Gasteiger partial charge in [0, 0.05) is 10.0 Å². The van der Waals surface area contributed by atoms with Crippen LogP contribution in [0.2, 0.25) is 10.0 Å². The van der Waals surface area contributed by atoms with E-state index in [-0.39, 0.29) is 0 Å². The molecule has 2 aromatic carbocycles. The van der Waals surface area contributed by atoms with Crippen LogP contribution in [0.3, 0.4) is 0 Å². The predicted octanol–water partition coefficient (Wildman–Crippen LogP) is 4.79. The van der Waals surface area contributed by atoms with Gasteiger partial charge in [-0.25, -0.2) is 0 Å². The summed E-state index contributed by atoms with van der Waals surface area (Å²) in [5.74, 6) is 0. The van der Waals surface area contributed by atoms with Crippen LogP contribution in [-0.2, 0) is 6.42 Å². The Hall–Kier alpha value is -0.980. The third-order valence-electron chi connectivity index (χ3n) is 2.38. The summed E-state index contributed by atoms with van der Waals surface area (Å²) in [5, 5.41) is 1.55. The van der Waals surface area contributed by atoms with Gasteiger partial charge >= 0.3 is 0 Å². The average molecular weight is 250 g/mol. The molecule has 0 N–H and O–H groups in total. The smallest absolute Gasteiger partial charge is 0.0441 e. The highest BCUT2D eigenvalue weighted by atomic mass is 35.5. The lowest BCUT2D eigenvalue weighted by Crippen LogP contribution is -1.89. The molecule has 0 bridgehead atoms. The second-order valence-electron chi connectivity index (χ2n) is 3.56. The molecule has 0 saturated carbocycles. The van der Waals surface area contributed by atoms with Crippen LogP contribution >= 0.6 is 23.2 Å². The van der Waals surface area contributed by atoms with Gasteiger partial charge in [0.25, 0.3) is 0 Å². The minimum Gasteiger partial charge on any atom is -0.0843 e. The van der Waals surface area contributed by atoms with Crippen LogP contribution in [0.1, 0.15) is 11.1 Å². The van der Waals surface area contributed by atoms with Gasteiger partial charge in [0.05, 0.1) is 0 Å². The van der Waals surface area contributed by atoms with Crippen LogP contribution < -0.4 is 0 Å². The average Bonchev–Trinajstić information content (AvgIpc) is 2.30. The normalized spacial score (nSPS) is 10.4. The largest absolute Gasteiger partial charge is 0.0843 e. The monoisotopic (exact) mass is 249 g/mol. The molecule has 0 aliphatic carbocycles. The molecule has 2 heteroatoms. The molecule has 0 aliphatic rings. The Morgan fingerprint density at radius 2 is 1.56 bits per heavy atom. The number of benzene rings is 2. The van der Waals surface area contributed by atoms with E-state index in [1.54, 1.807) is 0 Å². The van der Waals surface area contributed by atoms with E-state index in [1.807, 2.05) is 48.5 Å². The predicted molar refractivity (Wildman–Crippen MR) is 70.0 cm³/mol. The van der Waals surface area contributed by atoms with Gasteiger partial charge in [0.2, 0.25) is 0 Å². The zero-order chi connectivity index (χ0) is 11.4. The Labute approximate surface area is 106 Å². The van der Waals surface area contributed by atoms with Crippen molar-refractivity contribution in [1.82, 2.24) is 0 Å². The van der Waals surface area contributed by atoms with E-state index in [1.165, 1.54) is 5.56 Å². The third kappa shape index (κ3) is 3.01. The Balaban J connectivity index is 2.02. The molecule has 0 heterocycles. The van der Waals surface area contributed by atoms with E-state index in [4.69, 9.17) is 23.2 Å². The third-order valence-corrected chi connectivity index (χ3v) is 2.97. The molecule has 0 spiro atoms. The van der Waals surface area contributed by atoms with E-state index in [0.29, 0.717) is 0 Å². The van der Waals surface area contributed by atoms with E-state index in [2.05, 4.69) is 6.42 Å². The summed E-state index contributed by atoms with van der Waals surface area (Å²) in [6, 6.07) is 15.7. The van der Waals surface area contributed by atoms with Crippen molar-refractivity contribution in [2.24, 2.45) is 0 Å². The zero-order valence-electron chi connectivity index (χ0n) is 8.66. The Kier molecular flexibility index (Phi) is 3.87. The van der Waals surface area contributed by atoms with Crippen LogP contribution in [-0.4, -0.2) is 0 Å². The molecular formula is C14H11Cl2. The van der Waals surface area contributed by atoms with Crippen molar-refractivity contribution in [3.8, 4) is 0 Å². The van der Waals surface area contributed by atoms with Crippen molar-refractivity contribution in [1.29, 1.82) is 0 Å². The fourth-order valence-corrected chi connectivity index (χ4v) is 1.83. The van der Waals surface area contributed by atoms with Crippen molar-refractivity contribution >= 4 is 23.2 Å². The summed E-state index contributed by atoms with van der Waals surface area (Å²) in [6.07, 6.45) is 2.98. The van der Waals surface area contributed by atoms with Crippen molar-refractivity contribution in [2.75, 3.05) is 0 Å². The van der Waals surface area contributed by atoms with E-state index in [9.17, 15) is 0 Å². The fraction of sp³-hybridized carbons (Fsp3) is 0.0714. The maximum absolute atomic E-state index is 6.06. The number of hydrogen-bond acceptors (Lipinski definition) is 0. The molecule has 0 saturated heterocycles. The lowest BCUT2D eigenvalue weighted by Gasteiger charge is -2.03. The molecule has 0 amide bonds. The van der Waals surface area contributed by atoms with Crippen LogP contribution in [0.25, 0.3) is 0 Å². The first-order chi connectivity index (χ1) is 7.75. The molecule has 81 valence electrons. The minimum absolute atomic E-state index is 0.765.